The van der Waals surface area contributed by atoms with Gasteiger partial charge < -0.3 is 0 Å². The molecule has 0 aliphatic carbocycles. The highest BCUT2D eigenvalue weighted by Crippen LogP contribution is 2.24. The number of aromatic amines is 1. The van der Waals surface area contributed by atoms with E-state index in [0.717, 1.165) is 16.8 Å². The molecule has 0 bridgehead atoms. The van der Waals surface area contributed by atoms with Crippen LogP contribution in [-0.2, 0) is 0 Å². The Morgan fingerprint density at radius 2 is 1.74 bits per heavy atom. The highest BCUT2D eigenvalue weighted by Gasteiger charge is 2.06. The molecular formula is C15H10N4. The summed E-state index contributed by atoms with van der Waals surface area (Å²) in [5, 5.41) is 15.9. The Hall–Kier alpha value is -2.93. The van der Waals surface area contributed by atoms with Crippen LogP contribution in [0.4, 0.5) is 0 Å². The average Bonchev–Trinajstić information content (AvgIpc) is 3.02. The van der Waals surface area contributed by atoms with Crippen LogP contribution in [0.15, 0.2) is 54.9 Å². The molecule has 2 heterocycles. The SMILES string of the molecule is N#Cc1cccnc1-c1ccc(-c2ccn[nH]2)cc1. The third-order valence-electron chi connectivity index (χ3n) is 2.90. The van der Waals surface area contributed by atoms with Crippen LogP contribution in [-0.4, -0.2) is 15.2 Å². The molecule has 0 radical (unpaired) electrons. The molecular weight excluding hydrogens is 236 g/mol. The number of aromatic nitrogens is 3. The summed E-state index contributed by atoms with van der Waals surface area (Å²) < 4.78 is 0. The van der Waals surface area contributed by atoms with Gasteiger partial charge in [0.15, 0.2) is 0 Å². The smallest absolute Gasteiger partial charge is 0.101 e. The van der Waals surface area contributed by atoms with Gasteiger partial charge in [0.2, 0.25) is 0 Å². The van der Waals surface area contributed by atoms with Crippen LogP contribution in [0.1, 0.15) is 5.56 Å². The quantitative estimate of drug-likeness (QED) is 0.755. The molecule has 0 fully saturated rings. The van der Waals surface area contributed by atoms with E-state index in [1.165, 1.54) is 0 Å². The van der Waals surface area contributed by atoms with Gasteiger partial charge in [0.05, 0.1) is 17.0 Å². The Bertz CT molecular complexity index is 722. The summed E-state index contributed by atoms with van der Waals surface area (Å²) >= 11 is 0. The first-order valence-electron chi connectivity index (χ1n) is 5.84. The summed E-state index contributed by atoms with van der Waals surface area (Å²) in [5.41, 5.74) is 4.24. The maximum atomic E-state index is 9.08. The van der Waals surface area contributed by atoms with Crippen LogP contribution in [0.3, 0.4) is 0 Å². The van der Waals surface area contributed by atoms with Crippen LogP contribution >= 0.6 is 0 Å². The van der Waals surface area contributed by atoms with E-state index >= 15 is 0 Å². The predicted molar refractivity (Wildman–Crippen MR) is 72.0 cm³/mol. The van der Waals surface area contributed by atoms with Gasteiger partial charge in [0.1, 0.15) is 6.07 Å². The van der Waals surface area contributed by atoms with Crippen LogP contribution in [0.2, 0.25) is 0 Å². The predicted octanol–water partition coefficient (Wildman–Crippen LogP) is 3.01. The minimum absolute atomic E-state index is 0.580. The molecule has 0 aliphatic rings. The van der Waals surface area contributed by atoms with Gasteiger partial charge in [0.25, 0.3) is 0 Å². The van der Waals surface area contributed by atoms with E-state index in [9.17, 15) is 0 Å². The molecule has 19 heavy (non-hydrogen) atoms. The lowest BCUT2D eigenvalue weighted by atomic mass is 10.0. The minimum atomic E-state index is 0.580. The Morgan fingerprint density at radius 3 is 2.42 bits per heavy atom. The lowest BCUT2D eigenvalue weighted by Crippen LogP contribution is -1.88. The van der Waals surface area contributed by atoms with Crippen molar-refractivity contribution in [2.75, 3.05) is 0 Å². The minimum Gasteiger partial charge on any atom is -0.278 e. The van der Waals surface area contributed by atoms with Crippen molar-refractivity contribution in [3.05, 3.63) is 60.4 Å². The van der Waals surface area contributed by atoms with Gasteiger partial charge in [-0.15, -0.1) is 0 Å². The van der Waals surface area contributed by atoms with Gasteiger partial charge in [0, 0.05) is 18.0 Å². The Kier molecular flexibility index (Phi) is 2.79. The van der Waals surface area contributed by atoms with Gasteiger partial charge in [-0.1, -0.05) is 24.3 Å². The first-order valence-corrected chi connectivity index (χ1v) is 5.84. The number of rotatable bonds is 2. The number of hydrogen-bond acceptors (Lipinski definition) is 3. The van der Waals surface area contributed by atoms with E-state index < -0.39 is 0 Å². The molecule has 0 aliphatic heterocycles. The molecule has 0 amide bonds. The van der Waals surface area contributed by atoms with E-state index in [2.05, 4.69) is 21.3 Å². The van der Waals surface area contributed by atoms with Crippen LogP contribution in [0, 0.1) is 11.3 Å². The molecule has 90 valence electrons. The summed E-state index contributed by atoms with van der Waals surface area (Å²) in [6.45, 7) is 0. The summed E-state index contributed by atoms with van der Waals surface area (Å²) in [5.74, 6) is 0. The van der Waals surface area contributed by atoms with Crippen LogP contribution in [0.5, 0.6) is 0 Å². The van der Waals surface area contributed by atoms with Crippen LogP contribution < -0.4 is 0 Å². The van der Waals surface area contributed by atoms with Crippen LogP contribution in [0.25, 0.3) is 22.5 Å². The second-order valence-corrected chi connectivity index (χ2v) is 4.06. The lowest BCUT2D eigenvalue weighted by Gasteiger charge is -2.04. The van der Waals surface area contributed by atoms with Crippen molar-refractivity contribution in [2.24, 2.45) is 0 Å². The molecule has 3 rings (SSSR count). The van der Waals surface area contributed by atoms with E-state index in [-0.39, 0.29) is 0 Å². The molecule has 2 aromatic heterocycles. The number of nitriles is 1. The normalized spacial score (nSPS) is 10.1. The highest BCUT2D eigenvalue weighted by atomic mass is 15.1. The van der Waals surface area contributed by atoms with Crippen molar-refractivity contribution in [1.82, 2.24) is 15.2 Å². The topological polar surface area (TPSA) is 65.4 Å². The van der Waals surface area contributed by atoms with E-state index in [0.29, 0.717) is 11.3 Å². The van der Waals surface area contributed by atoms with Gasteiger partial charge in [-0.25, -0.2) is 0 Å². The van der Waals surface area contributed by atoms with Gasteiger partial charge >= 0.3 is 0 Å². The first kappa shape index (κ1) is 11.2. The number of H-pyrrole nitrogens is 1. The second kappa shape index (κ2) is 4.75. The van der Waals surface area contributed by atoms with Gasteiger partial charge in [-0.3, -0.25) is 10.1 Å². The molecule has 4 nitrogen and oxygen atoms in total. The molecule has 0 saturated heterocycles. The molecule has 0 spiro atoms. The largest absolute Gasteiger partial charge is 0.278 e. The van der Waals surface area contributed by atoms with Gasteiger partial charge in [-0.2, -0.15) is 10.4 Å². The molecule has 0 unspecified atom stereocenters. The monoisotopic (exact) mass is 246 g/mol. The summed E-state index contributed by atoms with van der Waals surface area (Å²) in [7, 11) is 0. The van der Waals surface area contributed by atoms with Crippen molar-refractivity contribution in [3.8, 4) is 28.6 Å². The molecule has 0 saturated carbocycles. The molecule has 0 atom stereocenters. The first-order chi connectivity index (χ1) is 9.38. The Morgan fingerprint density at radius 1 is 0.947 bits per heavy atom. The maximum absolute atomic E-state index is 9.08. The zero-order chi connectivity index (χ0) is 13.1. The van der Waals surface area contributed by atoms with E-state index in [1.54, 1.807) is 24.5 Å². The zero-order valence-corrected chi connectivity index (χ0v) is 10.0. The van der Waals surface area contributed by atoms with E-state index in [4.69, 9.17) is 5.26 Å². The van der Waals surface area contributed by atoms with Crippen molar-refractivity contribution in [2.45, 2.75) is 0 Å². The zero-order valence-electron chi connectivity index (χ0n) is 10.0. The number of hydrogen-bond donors (Lipinski definition) is 1. The van der Waals surface area contributed by atoms with Crippen molar-refractivity contribution in [3.63, 3.8) is 0 Å². The lowest BCUT2D eigenvalue weighted by molar-refractivity contribution is 1.10. The number of nitrogens with one attached hydrogen (secondary N) is 1. The Labute approximate surface area is 110 Å². The number of benzene rings is 1. The highest BCUT2D eigenvalue weighted by molar-refractivity contribution is 5.70. The average molecular weight is 246 g/mol. The molecule has 1 N–H and O–H groups in total. The fraction of sp³-hybridized carbons (Fsp3) is 0. The molecule has 4 heteroatoms. The fourth-order valence-corrected chi connectivity index (χ4v) is 1.95. The Balaban J connectivity index is 2.02. The van der Waals surface area contributed by atoms with E-state index in [1.807, 2.05) is 30.3 Å². The van der Waals surface area contributed by atoms with Gasteiger partial charge in [-0.05, 0) is 23.8 Å². The fourth-order valence-electron chi connectivity index (χ4n) is 1.95. The third kappa shape index (κ3) is 2.09. The number of nitrogens with zero attached hydrogens (tertiary/aromatic N) is 3. The summed E-state index contributed by atoms with van der Waals surface area (Å²) in [6.07, 6.45) is 3.41. The van der Waals surface area contributed by atoms with Crippen molar-refractivity contribution < 1.29 is 0 Å². The third-order valence-corrected chi connectivity index (χ3v) is 2.90. The van der Waals surface area contributed by atoms with Crippen molar-refractivity contribution in [1.29, 1.82) is 5.26 Å². The summed E-state index contributed by atoms with van der Waals surface area (Å²) in [6, 6.07) is 15.5. The molecule has 3 aromatic rings. The summed E-state index contributed by atoms with van der Waals surface area (Å²) in [4.78, 5) is 4.27. The number of pyridine rings is 1. The maximum Gasteiger partial charge on any atom is 0.101 e. The second-order valence-electron chi connectivity index (χ2n) is 4.06. The molecule has 1 aromatic carbocycles. The standard InChI is InChI=1S/C15H10N4/c16-10-13-2-1-8-17-15(13)12-5-3-11(4-6-12)14-7-9-18-19-14/h1-9H,(H,18,19). The van der Waals surface area contributed by atoms with Crippen molar-refractivity contribution >= 4 is 0 Å².